The molecule has 2 unspecified atom stereocenters. The molecule has 0 amide bonds. The normalized spacial score (nSPS) is 16.6. The van der Waals surface area contributed by atoms with Crippen LogP contribution in [0.15, 0.2) is 82.1 Å². The number of Topliss-reactive ketones (excluding diaryl/α,β-unsaturated/α-hetero) is 1. The number of hydrogen-bond acceptors (Lipinski definition) is 8. The van der Waals surface area contributed by atoms with Gasteiger partial charge in [-0.3, -0.25) is 18.7 Å². The maximum Gasteiger partial charge on any atom is 0.415 e. The Labute approximate surface area is 261 Å². The first kappa shape index (κ1) is 30.0. The fourth-order valence-corrected chi connectivity index (χ4v) is 6.07. The van der Waals surface area contributed by atoms with Crippen LogP contribution in [0.3, 0.4) is 0 Å². The number of ketones is 1. The molecule has 9 heteroatoms. The molecule has 2 heterocycles. The van der Waals surface area contributed by atoms with Crippen molar-refractivity contribution in [3.05, 3.63) is 106 Å². The fourth-order valence-electron chi connectivity index (χ4n) is 6.07. The van der Waals surface area contributed by atoms with E-state index in [4.69, 9.17) is 14.2 Å². The first-order valence-electron chi connectivity index (χ1n) is 15.4. The third-order valence-electron chi connectivity index (χ3n) is 8.42. The van der Waals surface area contributed by atoms with Gasteiger partial charge in [0.1, 0.15) is 17.4 Å². The second kappa shape index (κ2) is 12.9. The minimum Gasteiger partial charge on any atom is -0.490 e. The molecule has 0 bridgehead atoms. The van der Waals surface area contributed by atoms with Crippen LogP contribution >= 0.6 is 0 Å². The Balaban J connectivity index is 1.26. The molecule has 1 aliphatic carbocycles. The van der Waals surface area contributed by atoms with E-state index >= 15 is 0 Å². The first-order chi connectivity index (χ1) is 21.8. The Kier molecular flexibility index (Phi) is 8.60. The number of carbonyl (C=O) groups excluding carboxylic acids is 1. The lowest BCUT2D eigenvalue weighted by Crippen LogP contribution is -2.30. The smallest absolute Gasteiger partial charge is 0.415 e. The van der Waals surface area contributed by atoms with Crippen molar-refractivity contribution in [2.75, 3.05) is 0 Å². The summed E-state index contributed by atoms with van der Waals surface area (Å²) in [6.45, 7) is 5.91. The molecule has 0 spiro atoms. The zero-order chi connectivity index (χ0) is 31.5. The molecule has 3 aromatic carbocycles. The van der Waals surface area contributed by atoms with Crippen molar-refractivity contribution in [2.45, 2.75) is 65.4 Å². The zero-order valence-electron chi connectivity index (χ0n) is 25.7. The van der Waals surface area contributed by atoms with Gasteiger partial charge in [0.15, 0.2) is 0 Å². The van der Waals surface area contributed by atoms with E-state index in [-0.39, 0.29) is 17.6 Å². The predicted octanol–water partition coefficient (Wildman–Crippen LogP) is 6.64. The van der Waals surface area contributed by atoms with Crippen LogP contribution in [0.25, 0.3) is 28.2 Å². The summed E-state index contributed by atoms with van der Waals surface area (Å²) in [4.78, 5) is 34.8. The molecule has 2 atom stereocenters. The number of aromatic hydroxyl groups is 1. The van der Waals surface area contributed by atoms with E-state index in [2.05, 4.69) is 17.1 Å². The van der Waals surface area contributed by atoms with Gasteiger partial charge in [-0.15, -0.1) is 0 Å². The molecule has 1 fully saturated rings. The summed E-state index contributed by atoms with van der Waals surface area (Å²) in [6.07, 6.45) is 3.58. The van der Waals surface area contributed by atoms with Crippen LogP contribution in [0.4, 0.5) is 0 Å². The quantitative estimate of drug-likeness (QED) is 0.199. The average molecular weight is 605 g/mol. The molecular weight excluding hydrogens is 568 g/mol. The Morgan fingerprint density at radius 3 is 2.38 bits per heavy atom. The van der Waals surface area contributed by atoms with Crippen molar-refractivity contribution in [1.29, 1.82) is 0 Å². The van der Waals surface area contributed by atoms with E-state index < -0.39 is 6.08 Å². The molecule has 9 nitrogen and oxygen atoms in total. The molecule has 0 aliphatic heterocycles. The third kappa shape index (κ3) is 6.43. The van der Waals surface area contributed by atoms with Gasteiger partial charge in [-0.05, 0) is 67.1 Å². The predicted molar refractivity (Wildman–Crippen MR) is 171 cm³/mol. The van der Waals surface area contributed by atoms with Gasteiger partial charge in [0.25, 0.3) is 5.56 Å². The Morgan fingerprint density at radius 2 is 1.71 bits per heavy atom. The largest absolute Gasteiger partial charge is 0.490 e. The topological polar surface area (TPSA) is 120 Å². The summed E-state index contributed by atoms with van der Waals surface area (Å²) >= 11 is 0. The van der Waals surface area contributed by atoms with Gasteiger partial charge in [-0.25, -0.2) is 4.98 Å². The van der Waals surface area contributed by atoms with Crippen LogP contribution in [0.2, 0.25) is 0 Å². The highest BCUT2D eigenvalue weighted by Gasteiger charge is 2.26. The SMILES string of the molecule is CCCc1nc(C)n(-c2ccc(OC3CCC(=O)C(C)C3)cc2)c(=O)c1Cc1ccc(-c2ccccc2-c2noc(O)n2)cc1. The van der Waals surface area contributed by atoms with E-state index in [9.17, 15) is 14.7 Å². The van der Waals surface area contributed by atoms with Crippen molar-refractivity contribution in [1.82, 2.24) is 19.7 Å². The molecule has 0 radical (unpaired) electrons. The number of aryl methyl sites for hydroxylation is 2. The van der Waals surface area contributed by atoms with E-state index in [1.54, 1.807) is 4.57 Å². The number of carbonyl (C=O) groups is 1. The van der Waals surface area contributed by atoms with Gasteiger partial charge in [0, 0.05) is 29.9 Å². The van der Waals surface area contributed by atoms with Crippen molar-refractivity contribution < 1.29 is 19.2 Å². The minimum atomic E-state index is -0.479. The molecular formula is C36H36N4O5. The fraction of sp³-hybridized carbons (Fsp3) is 0.306. The number of nitrogens with zero attached hydrogens (tertiary/aromatic N) is 4. The Bertz CT molecular complexity index is 1880. The Morgan fingerprint density at radius 1 is 0.978 bits per heavy atom. The summed E-state index contributed by atoms with van der Waals surface area (Å²) < 4.78 is 12.6. The van der Waals surface area contributed by atoms with Gasteiger partial charge >= 0.3 is 6.08 Å². The van der Waals surface area contributed by atoms with Crippen LogP contribution in [-0.4, -0.2) is 36.7 Å². The van der Waals surface area contributed by atoms with Crippen LogP contribution in [0.1, 0.15) is 62.2 Å². The number of ether oxygens (including phenoxy) is 1. The highest BCUT2D eigenvalue weighted by molar-refractivity contribution is 5.81. The standard InChI is InChI=1S/C36H36N4O5/c1-4-7-32-31(21-24-10-12-25(13-11-24)29-8-5-6-9-30(29)34-38-36(43)45-39-34)35(42)40(23(3)37-32)26-14-16-27(17-15-26)44-28-18-19-33(41)22(2)20-28/h5-6,8-17,22,28H,4,7,18-21H2,1-3H3,(H,38,39,43). The number of aromatic nitrogens is 4. The van der Waals surface area contributed by atoms with E-state index in [0.717, 1.165) is 58.6 Å². The van der Waals surface area contributed by atoms with Crippen molar-refractivity contribution in [2.24, 2.45) is 5.92 Å². The molecule has 230 valence electrons. The van der Waals surface area contributed by atoms with Gasteiger partial charge < -0.3 is 9.84 Å². The van der Waals surface area contributed by atoms with Gasteiger partial charge in [-0.1, -0.05) is 74.0 Å². The maximum absolute atomic E-state index is 14.1. The number of benzene rings is 3. The molecule has 1 saturated carbocycles. The maximum atomic E-state index is 14.1. The lowest BCUT2D eigenvalue weighted by atomic mass is 9.87. The van der Waals surface area contributed by atoms with Crippen LogP contribution < -0.4 is 10.3 Å². The number of rotatable bonds is 9. The monoisotopic (exact) mass is 604 g/mol. The minimum absolute atomic E-state index is 0.0156. The van der Waals surface area contributed by atoms with Crippen molar-refractivity contribution in [3.63, 3.8) is 0 Å². The van der Waals surface area contributed by atoms with Gasteiger partial charge in [0.05, 0.1) is 17.5 Å². The summed E-state index contributed by atoms with van der Waals surface area (Å²) in [5.41, 5.74) is 5.73. The summed E-state index contributed by atoms with van der Waals surface area (Å²) in [6, 6.07) is 23.3. The molecule has 1 aliphatic rings. The molecule has 1 N–H and O–H groups in total. The molecule has 2 aromatic heterocycles. The zero-order valence-corrected chi connectivity index (χ0v) is 25.7. The average Bonchev–Trinajstić information content (AvgIpc) is 3.48. The molecule has 0 saturated heterocycles. The lowest BCUT2D eigenvalue weighted by molar-refractivity contribution is -0.125. The van der Waals surface area contributed by atoms with Crippen LogP contribution in [0.5, 0.6) is 11.8 Å². The van der Waals surface area contributed by atoms with Crippen LogP contribution in [0, 0.1) is 12.8 Å². The van der Waals surface area contributed by atoms with Crippen molar-refractivity contribution >= 4 is 5.78 Å². The molecule has 45 heavy (non-hydrogen) atoms. The highest BCUT2D eigenvalue weighted by atomic mass is 16.6. The van der Waals surface area contributed by atoms with Crippen molar-refractivity contribution in [3.8, 4) is 40.0 Å². The summed E-state index contributed by atoms with van der Waals surface area (Å²) in [7, 11) is 0. The number of hydrogen-bond donors (Lipinski definition) is 1. The third-order valence-corrected chi connectivity index (χ3v) is 8.42. The summed E-state index contributed by atoms with van der Waals surface area (Å²) in [5, 5.41) is 13.4. The van der Waals surface area contributed by atoms with Crippen LogP contribution in [-0.2, 0) is 17.6 Å². The Hall–Kier alpha value is -5.05. The molecule has 6 rings (SSSR count). The van der Waals surface area contributed by atoms with Gasteiger partial charge in [0.2, 0.25) is 5.82 Å². The lowest BCUT2D eigenvalue weighted by Gasteiger charge is -2.26. The highest BCUT2D eigenvalue weighted by Crippen LogP contribution is 2.32. The summed E-state index contributed by atoms with van der Waals surface area (Å²) in [5.74, 6) is 2.00. The molecule has 5 aromatic rings. The van der Waals surface area contributed by atoms with E-state index in [0.29, 0.717) is 42.3 Å². The second-order valence-corrected chi connectivity index (χ2v) is 11.7. The van der Waals surface area contributed by atoms with E-state index in [1.165, 1.54) is 0 Å². The first-order valence-corrected chi connectivity index (χ1v) is 15.4. The van der Waals surface area contributed by atoms with Gasteiger partial charge in [-0.2, -0.15) is 4.98 Å². The second-order valence-electron chi connectivity index (χ2n) is 11.7. The van der Waals surface area contributed by atoms with E-state index in [1.807, 2.05) is 86.6 Å².